The van der Waals surface area contributed by atoms with Crippen molar-refractivity contribution in [2.75, 3.05) is 6.61 Å². The molecule has 2 N–H and O–H groups in total. The van der Waals surface area contributed by atoms with Crippen LogP contribution in [0.3, 0.4) is 0 Å². The Morgan fingerprint density at radius 1 is 1.33 bits per heavy atom. The minimum Gasteiger partial charge on any atom is -0.394 e. The van der Waals surface area contributed by atoms with Gasteiger partial charge in [0.05, 0.1) is 23.1 Å². The normalized spacial score (nSPS) is 11.3. The molecule has 0 aromatic heterocycles. The predicted molar refractivity (Wildman–Crippen MR) is 70.9 cm³/mol. The monoisotopic (exact) mass is 302 g/mol. The first-order valence-corrected chi connectivity index (χ1v) is 6.37. The van der Waals surface area contributed by atoms with Gasteiger partial charge in [-0.3, -0.25) is 14.9 Å². The standard InChI is InChI=1S/C13H16F2N2O4/c1-3-13(4-2,7-18)16-12(19)8-5-9(14)10(15)6-11(8)17(20)21/h5-6,18H,3-4,7H2,1-2H3,(H,16,19). The highest BCUT2D eigenvalue weighted by Crippen LogP contribution is 2.24. The summed E-state index contributed by atoms with van der Waals surface area (Å²) in [5, 5.41) is 22.7. The van der Waals surface area contributed by atoms with Crippen LogP contribution in [0.25, 0.3) is 0 Å². The van der Waals surface area contributed by atoms with Gasteiger partial charge in [-0.2, -0.15) is 0 Å². The second-order valence-corrected chi connectivity index (χ2v) is 4.64. The van der Waals surface area contributed by atoms with Gasteiger partial charge in [-0.05, 0) is 18.9 Å². The molecule has 116 valence electrons. The molecule has 6 nitrogen and oxygen atoms in total. The summed E-state index contributed by atoms with van der Waals surface area (Å²) < 4.78 is 26.3. The molecule has 0 radical (unpaired) electrons. The second kappa shape index (κ2) is 6.57. The number of rotatable bonds is 6. The fraction of sp³-hybridized carbons (Fsp3) is 0.462. The van der Waals surface area contributed by atoms with Gasteiger partial charge in [0, 0.05) is 0 Å². The molecule has 0 unspecified atom stereocenters. The fourth-order valence-corrected chi connectivity index (χ4v) is 1.87. The van der Waals surface area contributed by atoms with Crippen LogP contribution in [0.2, 0.25) is 0 Å². The summed E-state index contributed by atoms with van der Waals surface area (Å²) in [7, 11) is 0. The van der Waals surface area contributed by atoms with Crippen molar-refractivity contribution in [3.63, 3.8) is 0 Å². The molecule has 21 heavy (non-hydrogen) atoms. The molecular formula is C13H16F2N2O4. The van der Waals surface area contributed by atoms with Crippen LogP contribution in [0.5, 0.6) is 0 Å². The number of carbonyl (C=O) groups excluding carboxylic acids is 1. The number of benzene rings is 1. The van der Waals surface area contributed by atoms with E-state index in [4.69, 9.17) is 0 Å². The molecule has 8 heteroatoms. The molecule has 1 aromatic rings. The third-order valence-corrected chi connectivity index (χ3v) is 3.51. The van der Waals surface area contributed by atoms with Crippen LogP contribution in [0.15, 0.2) is 12.1 Å². The Kier molecular flexibility index (Phi) is 5.31. The number of nitro groups is 1. The van der Waals surface area contributed by atoms with Crippen molar-refractivity contribution in [3.8, 4) is 0 Å². The van der Waals surface area contributed by atoms with Crippen molar-refractivity contribution in [2.24, 2.45) is 0 Å². The molecule has 0 aliphatic carbocycles. The van der Waals surface area contributed by atoms with E-state index in [1.807, 2.05) is 0 Å². The molecule has 0 atom stereocenters. The lowest BCUT2D eigenvalue weighted by molar-refractivity contribution is -0.385. The Labute approximate surface area is 119 Å². The van der Waals surface area contributed by atoms with E-state index < -0.39 is 39.3 Å². The number of hydrogen-bond acceptors (Lipinski definition) is 4. The van der Waals surface area contributed by atoms with Gasteiger partial charge in [0.1, 0.15) is 5.56 Å². The Hall–Kier alpha value is -2.09. The summed E-state index contributed by atoms with van der Waals surface area (Å²) in [5.41, 5.74) is -2.38. The van der Waals surface area contributed by atoms with E-state index in [-0.39, 0.29) is 6.61 Å². The van der Waals surface area contributed by atoms with Crippen LogP contribution in [0, 0.1) is 21.7 Å². The number of halogens is 2. The number of nitrogens with zero attached hydrogens (tertiary/aromatic N) is 1. The quantitative estimate of drug-likeness (QED) is 0.622. The third-order valence-electron chi connectivity index (χ3n) is 3.51. The van der Waals surface area contributed by atoms with Gasteiger partial charge in [0.2, 0.25) is 0 Å². The van der Waals surface area contributed by atoms with E-state index in [0.29, 0.717) is 25.0 Å². The third kappa shape index (κ3) is 3.52. The second-order valence-electron chi connectivity index (χ2n) is 4.64. The zero-order valence-corrected chi connectivity index (χ0v) is 11.7. The SMILES string of the molecule is CCC(CC)(CO)NC(=O)c1cc(F)c(F)cc1[N+](=O)[O-]. The smallest absolute Gasteiger partial charge is 0.285 e. The lowest BCUT2D eigenvalue weighted by atomic mass is 9.93. The van der Waals surface area contributed by atoms with Gasteiger partial charge in [-0.15, -0.1) is 0 Å². The average molecular weight is 302 g/mol. The van der Waals surface area contributed by atoms with E-state index in [9.17, 15) is 28.8 Å². The van der Waals surface area contributed by atoms with Crippen LogP contribution in [-0.2, 0) is 0 Å². The van der Waals surface area contributed by atoms with Gasteiger partial charge in [-0.25, -0.2) is 8.78 Å². The summed E-state index contributed by atoms with van der Waals surface area (Å²) in [6.45, 7) is 3.07. The maximum atomic E-state index is 13.2. The molecule has 1 amide bonds. The topological polar surface area (TPSA) is 92.5 Å². The Bertz CT molecular complexity index is 551. The number of carbonyl (C=O) groups is 1. The highest BCUT2D eigenvalue weighted by atomic mass is 19.2. The molecule has 0 aliphatic rings. The fourth-order valence-electron chi connectivity index (χ4n) is 1.87. The Morgan fingerprint density at radius 2 is 1.86 bits per heavy atom. The van der Waals surface area contributed by atoms with E-state index in [2.05, 4.69) is 5.32 Å². The van der Waals surface area contributed by atoms with Gasteiger partial charge >= 0.3 is 0 Å². The number of aliphatic hydroxyl groups excluding tert-OH is 1. The highest BCUT2D eigenvalue weighted by molar-refractivity contribution is 5.98. The minimum absolute atomic E-state index is 0.364. The minimum atomic E-state index is -1.40. The van der Waals surface area contributed by atoms with Gasteiger partial charge < -0.3 is 10.4 Å². The lowest BCUT2D eigenvalue weighted by Gasteiger charge is -2.30. The molecule has 0 spiro atoms. The molecule has 1 aromatic carbocycles. The van der Waals surface area contributed by atoms with Gasteiger partial charge in [-0.1, -0.05) is 13.8 Å². The van der Waals surface area contributed by atoms with Crippen molar-refractivity contribution in [3.05, 3.63) is 39.4 Å². The van der Waals surface area contributed by atoms with E-state index >= 15 is 0 Å². The molecule has 0 saturated heterocycles. The number of amides is 1. The van der Waals surface area contributed by atoms with Crippen molar-refractivity contribution in [1.29, 1.82) is 0 Å². The van der Waals surface area contributed by atoms with E-state index in [1.54, 1.807) is 13.8 Å². The summed E-state index contributed by atoms with van der Waals surface area (Å²) in [4.78, 5) is 22.0. The first kappa shape index (κ1) is 17.0. The number of nitrogens with one attached hydrogen (secondary N) is 1. The van der Waals surface area contributed by atoms with Crippen molar-refractivity contribution < 1.29 is 23.6 Å². The predicted octanol–water partition coefficient (Wildman–Crippen LogP) is 2.15. The molecule has 0 fully saturated rings. The Balaban J connectivity index is 3.24. The molecule has 1 rings (SSSR count). The maximum Gasteiger partial charge on any atom is 0.285 e. The van der Waals surface area contributed by atoms with Crippen LogP contribution in [0.1, 0.15) is 37.0 Å². The summed E-state index contributed by atoms with van der Waals surface area (Å²) in [6, 6.07) is 0.846. The van der Waals surface area contributed by atoms with Crippen LogP contribution < -0.4 is 5.32 Å². The maximum absolute atomic E-state index is 13.2. The number of hydrogen-bond donors (Lipinski definition) is 2. The average Bonchev–Trinajstić information content (AvgIpc) is 2.46. The van der Waals surface area contributed by atoms with Gasteiger partial charge in [0.15, 0.2) is 11.6 Å². The lowest BCUT2D eigenvalue weighted by Crippen LogP contribution is -2.50. The molecular weight excluding hydrogens is 286 g/mol. The first-order chi connectivity index (χ1) is 9.80. The van der Waals surface area contributed by atoms with Crippen molar-refractivity contribution in [1.82, 2.24) is 5.32 Å². The first-order valence-electron chi connectivity index (χ1n) is 6.37. The molecule has 0 heterocycles. The zero-order valence-electron chi connectivity index (χ0n) is 11.7. The zero-order chi connectivity index (χ0) is 16.2. The van der Waals surface area contributed by atoms with E-state index in [0.717, 1.165) is 0 Å². The van der Waals surface area contributed by atoms with Crippen LogP contribution in [0.4, 0.5) is 14.5 Å². The highest BCUT2D eigenvalue weighted by Gasteiger charge is 2.31. The molecule has 0 bridgehead atoms. The van der Waals surface area contributed by atoms with Crippen molar-refractivity contribution in [2.45, 2.75) is 32.2 Å². The van der Waals surface area contributed by atoms with Crippen molar-refractivity contribution >= 4 is 11.6 Å². The van der Waals surface area contributed by atoms with Crippen LogP contribution >= 0.6 is 0 Å². The number of nitro benzene ring substituents is 1. The van der Waals surface area contributed by atoms with Gasteiger partial charge in [0.25, 0.3) is 11.6 Å². The summed E-state index contributed by atoms with van der Waals surface area (Å²) >= 11 is 0. The Morgan fingerprint density at radius 3 is 2.29 bits per heavy atom. The largest absolute Gasteiger partial charge is 0.394 e. The summed E-state index contributed by atoms with van der Waals surface area (Å²) in [6.07, 6.45) is 0.756. The van der Waals surface area contributed by atoms with Crippen LogP contribution in [-0.4, -0.2) is 28.1 Å². The number of aliphatic hydroxyl groups is 1. The summed E-state index contributed by atoms with van der Waals surface area (Å²) in [5.74, 6) is -3.69. The molecule has 0 saturated carbocycles. The van der Waals surface area contributed by atoms with E-state index in [1.165, 1.54) is 0 Å². The molecule has 0 aliphatic heterocycles.